The van der Waals surface area contributed by atoms with E-state index in [4.69, 9.17) is 0 Å². The first-order chi connectivity index (χ1) is 7.35. The number of hydrogen-bond acceptors (Lipinski definition) is 1. The summed E-state index contributed by atoms with van der Waals surface area (Å²) in [5.41, 5.74) is 1.30. The molecule has 0 spiro atoms. The Morgan fingerprint density at radius 2 is 2.12 bits per heavy atom. The van der Waals surface area contributed by atoms with Crippen molar-refractivity contribution in [3.05, 3.63) is 11.6 Å². The molecule has 92 valence electrons. The van der Waals surface area contributed by atoms with E-state index in [0.29, 0.717) is 0 Å². The van der Waals surface area contributed by atoms with Gasteiger partial charge in [0.05, 0.1) is 0 Å². The minimum absolute atomic E-state index is 0.184. The van der Waals surface area contributed by atoms with Gasteiger partial charge in [-0.15, -0.1) is 0 Å². The predicted molar refractivity (Wildman–Crippen MR) is 69.3 cm³/mol. The SMILES string of the molecule is CC(C)[C@H]1CC=C(CC(C)(C)C=O)C[C@H]1C. The lowest BCUT2D eigenvalue weighted by Crippen LogP contribution is -2.23. The molecule has 0 N–H and O–H groups in total. The number of hydrogen-bond donors (Lipinski definition) is 0. The topological polar surface area (TPSA) is 17.1 Å². The number of carbonyl (C=O) groups excluding carboxylic acids is 1. The molecule has 1 nitrogen and oxygen atoms in total. The minimum Gasteiger partial charge on any atom is -0.303 e. The first kappa shape index (κ1) is 13.5. The largest absolute Gasteiger partial charge is 0.303 e. The van der Waals surface area contributed by atoms with Crippen LogP contribution in [0.15, 0.2) is 11.6 Å². The third-order valence-electron chi connectivity index (χ3n) is 3.85. The lowest BCUT2D eigenvalue weighted by molar-refractivity contribution is -0.114. The van der Waals surface area contributed by atoms with E-state index in [1.165, 1.54) is 18.4 Å². The third kappa shape index (κ3) is 3.47. The molecular formula is C15H26O. The van der Waals surface area contributed by atoms with E-state index in [2.05, 4.69) is 26.8 Å². The summed E-state index contributed by atoms with van der Waals surface area (Å²) in [5.74, 6) is 2.36. The fourth-order valence-electron chi connectivity index (χ4n) is 2.88. The zero-order valence-electron chi connectivity index (χ0n) is 11.4. The highest BCUT2D eigenvalue weighted by molar-refractivity contribution is 5.58. The standard InChI is InChI=1S/C15H26O/c1-11(2)14-7-6-13(8-12(14)3)9-15(4,5)10-16/h6,10-12,14H,7-9H2,1-5H3/t12-,14-/m1/s1. The number of aldehydes is 1. The molecule has 0 aliphatic heterocycles. The molecule has 0 heterocycles. The molecule has 0 aromatic carbocycles. The van der Waals surface area contributed by atoms with Crippen molar-refractivity contribution in [3.63, 3.8) is 0 Å². The van der Waals surface area contributed by atoms with Crippen LogP contribution < -0.4 is 0 Å². The Morgan fingerprint density at radius 3 is 2.56 bits per heavy atom. The van der Waals surface area contributed by atoms with Crippen molar-refractivity contribution in [1.82, 2.24) is 0 Å². The molecule has 2 atom stereocenters. The third-order valence-corrected chi connectivity index (χ3v) is 3.85. The molecule has 0 bridgehead atoms. The van der Waals surface area contributed by atoms with Gasteiger partial charge in [-0.1, -0.05) is 46.3 Å². The highest BCUT2D eigenvalue weighted by Crippen LogP contribution is 2.37. The van der Waals surface area contributed by atoms with Crippen LogP contribution in [0, 0.1) is 23.2 Å². The fraction of sp³-hybridized carbons (Fsp3) is 0.800. The van der Waals surface area contributed by atoms with Crippen LogP contribution >= 0.6 is 0 Å². The Bertz CT molecular complexity index is 273. The van der Waals surface area contributed by atoms with Gasteiger partial charge < -0.3 is 4.79 Å². The summed E-state index contributed by atoms with van der Waals surface area (Å²) >= 11 is 0. The van der Waals surface area contributed by atoms with Crippen molar-refractivity contribution in [2.45, 2.75) is 53.9 Å². The lowest BCUT2D eigenvalue weighted by Gasteiger charge is -2.33. The molecule has 0 aromatic heterocycles. The minimum atomic E-state index is -0.184. The van der Waals surface area contributed by atoms with Gasteiger partial charge in [0.25, 0.3) is 0 Å². The molecule has 0 fully saturated rings. The fourth-order valence-corrected chi connectivity index (χ4v) is 2.88. The van der Waals surface area contributed by atoms with Gasteiger partial charge in [-0.05, 0) is 37.0 Å². The van der Waals surface area contributed by atoms with Gasteiger partial charge in [-0.2, -0.15) is 0 Å². The molecule has 0 unspecified atom stereocenters. The van der Waals surface area contributed by atoms with Crippen molar-refractivity contribution in [1.29, 1.82) is 0 Å². The van der Waals surface area contributed by atoms with E-state index in [1.807, 2.05) is 13.8 Å². The Kier molecular flexibility index (Phi) is 4.35. The van der Waals surface area contributed by atoms with Crippen molar-refractivity contribution in [3.8, 4) is 0 Å². The zero-order chi connectivity index (χ0) is 12.3. The highest BCUT2D eigenvalue weighted by atomic mass is 16.1. The maximum Gasteiger partial charge on any atom is 0.125 e. The van der Waals surface area contributed by atoms with Gasteiger partial charge in [0, 0.05) is 5.41 Å². The molecule has 0 saturated heterocycles. The molecule has 1 aliphatic rings. The summed E-state index contributed by atoms with van der Waals surface area (Å²) in [4.78, 5) is 10.9. The van der Waals surface area contributed by atoms with Gasteiger partial charge in [0.15, 0.2) is 0 Å². The molecule has 0 radical (unpaired) electrons. The second kappa shape index (κ2) is 5.16. The van der Waals surface area contributed by atoms with Crippen molar-refractivity contribution < 1.29 is 4.79 Å². The average Bonchev–Trinajstić information content (AvgIpc) is 2.16. The molecular weight excluding hydrogens is 196 g/mol. The summed E-state index contributed by atoms with van der Waals surface area (Å²) in [7, 11) is 0. The second-order valence-corrected chi connectivity index (χ2v) is 6.47. The molecule has 1 heteroatoms. The number of allylic oxidation sites excluding steroid dienone is 2. The Hall–Kier alpha value is -0.590. The van der Waals surface area contributed by atoms with E-state index < -0.39 is 0 Å². The van der Waals surface area contributed by atoms with Gasteiger partial charge >= 0.3 is 0 Å². The summed E-state index contributed by atoms with van der Waals surface area (Å²) in [6, 6.07) is 0. The molecule has 16 heavy (non-hydrogen) atoms. The van der Waals surface area contributed by atoms with E-state index >= 15 is 0 Å². The predicted octanol–water partition coefficient (Wildman–Crippen LogP) is 4.23. The average molecular weight is 222 g/mol. The first-order valence-corrected chi connectivity index (χ1v) is 6.50. The summed E-state index contributed by atoms with van der Waals surface area (Å²) in [5, 5.41) is 0. The van der Waals surface area contributed by atoms with E-state index in [9.17, 15) is 4.79 Å². The van der Waals surface area contributed by atoms with Crippen LogP contribution in [0.25, 0.3) is 0 Å². The van der Waals surface area contributed by atoms with Crippen LogP contribution in [-0.2, 0) is 4.79 Å². The van der Waals surface area contributed by atoms with Gasteiger partial charge in [-0.25, -0.2) is 0 Å². The summed E-state index contributed by atoms with van der Waals surface area (Å²) in [6.07, 6.45) is 6.79. The van der Waals surface area contributed by atoms with Gasteiger partial charge in [0.1, 0.15) is 6.29 Å². The second-order valence-electron chi connectivity index (χ2n) is 6.47. The molecule has 0 amide bonds. The van der Waals surface area contributed by atoms with Crippen LogP contribution in [-0.4, -0.2) is 6.29 Å². The quantitative estimate of drug-likeness (QED) is 0.514. The Morgan fingerprint density at radius 1 is 1.50 bits per heavy atom. The molecule has 1 aliphatic carbocycles. The van der Waals surface area contributed by atoms with Gasteiger partial charge in [0.2, 0.25) is 0 Å². The zero-order valence-corrected chi connectivity index (χ0v) is 11.4. The molecule has 0 saturated carbocycles. The van der Waals surface area contributed by atoms with Crippen molar-refractivity contribution in [2.24, 2.45) is 23.2 Å². The number of carbonyl (C=O) groups is 1. The smallest absolute Gasteiger partial charge is 0.125 e. The van der Waals surface area contributed by atoms with Crippen LogP contribution in [0.5, 0.6) is 0 Å². The van der Waals surface area contributed by atoms with Crippen LogP contribution in [0.4, 0.5) is 0 Å². The van der Waals surface area contributed by atoms with E-state index in [-0.39, 0.29) is 5.41 Å². The van der Waals surface area contributed by atoms with Crippen LogP contribution in [0.3, 0.4) is 0 Å². The van der Waals surface area contributed by atoms with Crippen molar-refractivity contribution >= 4 is 6.29 Å². The molecule has 0 aromatic rings. The number of rotatable bonds is 4. The maximum absolute atomic E-state index is 10.9. The van der Waals surface area contributed by atoms with Crippen molar-refractivity contribution in [2.75, 3.05) is 0 Å². The Balaban J connectivity index is 2.63. The lowest BCUT2D eigenvalue weighted by atomic mass is 9.72. The van der Waals surface area contributed by atoms with Crippen LogP contribution in [0.2, 0.25) is 0 Å². The van der Waals surface area contributed by atoms with E-state index in [0.717, 1.165) is 30.5 Å². The molecule has 1 rings (SSSR count). The normalized spacial score (nSPS) is 26.8. The van der Waals surface area contributed by atoms with Gasteiger partial charge in [-0.3, -0.25) is 0 Å². The Labute approximate surface area is 100 Å². The van der Waals surface area contributed by atoms with E-state index in [1.54, 1.807) is 0 Å². The first-order valence-electron chi connectivity index (χ1n) is 6.50. The monoisotopic (exact) mass is 222 g/mol. The maximum atomic E-state index is 10.9. The summed E-state index contributed by atoms with van der Waals surface area (Å²) < 4.78 is 0. The van der Waals surface area contributed by atoms with Crippen LogP contribution in [0.1, 0.15) is 53.9 Å². The summed E-state index contributed by atoms with van der Waals surface area (Å²) in [6.45, 7) is 11.0. The highest BCUT2D eigenvalue weighted by Gasteiger charge is 2.27.